The lowest BCUT2D eigenvalue weighted by molar-refractivity contribution is 0.112. The molecule has 98 valence electrons. The van der Waals surface area contributed by atoms with E-state index in [0.717, 1.165) is 0 Å². The highest BCUT2D eigenvalue weighted by atomic mass is 127. The minimum atomic E-state index is -0.331. The molecule has 1 aromatic heterocycles. The summed E-state index contributed by atoms with van der Waals surface area (Å²) >= 11 is 7.87. The highest BCUT2D eigenvalue weighted by Gasteiger charge is 2.12. The lowest BCUT2D eigenvalue weighted by atomic mass is 10.3. The van der Waals surface area contributed by atoms with Gasteiger partial charge in [0.2, 0.25) is 0 Å². The van der Waals surface area contributed by atoms with Crippen molar-refractivity contribution in [2.24, 2.45) is 0 Å². The quantitative estimate of drug-likeness (QED) is 0.492. The van der Waals surface area contributed by atoms with Gasteiger partial charge >= 0.3 is 0 Å². The topological polar surface area (TPSA) is 54.9 Å². The van der Waals surface area contributed by atoms with Gasteiger partial charge < -0.3 is 5.32 Å². The second kappa shape index (κ2) is 5.79. The zero-order valence-corrected chi connectivity index (χ0v) is 12.7. The summed E-state index contributed by atoms with van der Waals surface area (Å²) < 4.78 is 13.7. The minimum Gasteiger partial charge on any atom is -0.339 e. The van der Waals surface area contributed by atoms with Crippen LogP contribution in [0.3, 0.4) is 0 Å². The van der Waals surface area contributed by atoms with Gasteiger partial charge in [-0.2, -0.15) is 0 Å². The maximum atomic E-state index is 13.0. The third-order valence-corrected chi connectivity index (χ3v) is 3.49. The lowest BCUT2D eigenvalue weighted by Gasteiger charge is -2.11. The van der Waals surface area contributed by atoms with Crippen LogP contribution in [0.25, 0.3) is 0 Å². The van der Waals surface area contributed by atoms with Gasteiger partial charge in [-0.1, -0.05) is 11.6 Å². The summed E-state index contributed by atoms with van der Waals surface area (Å²) in [6.45, 7) is 1.67. The summed E-state index contributed by atoms with van der Waals surface area (Å²) in [6.07, 6.45) is 0.584. The van der Waals surface area contributed by atoms with E-state index in [1.807, 2.05) is 22.6 Å². The summed E-state index contributed by atoms with van der Waals surface area (Å²) in [5, 5.41) is 3.04. The third-order valence-electron chi connectivity index (χ3n) is 2.31. The number of hydrogen-bond acceptors (Lipinski definition) is 4. The Hall–Kier alpha value is -1.28. The Balaban J connectivity index is 2.45. The third kappa shape index (κ3) is 3.19. The number of carbonyl (C=O) groups is 1. The molecule has 0 aliphatic carbocycles. The fraction of sp³-hybridized carbons (Fsp3) is 0.0833. The zero-order valence-electron chi connectivity index (χ0n) is 9.75. The first-order valence-electron chi connectivity index (χ1n) is 5.22. The lowest BCUT2D eigenvalue weighted by Crippen LogP contribution is -2.04. The van der Waals surface area contributed by atoms with Gasteiger partial charge in [-0.25, -0.2) is 14.4 Å². The van der Waals surface area contributed by atoms with Crippen molar-refractivity contribution < 1.29 is 9.18 Å². The highest BCUT2D eigenvalue weighted by molar-refractivity contribution is 14.1. The summed E-state index contributed by atoms with van der Waals surface area (Å²) in [4.78, 5) is 19.1. The molecule has 0 aliphatic heterocycles. The number of aromatic nitrogens is 2. The van der Waals surface area contributed by atoms with Crippen molar-refractivity contribution in [2.45, 2.75) is 6.92 Å². The molecule has 7 heteroatoms. The Kier molecular flexibility index (Phi) is 4.31. The molecular formula is C12H8ClFIN3O. The number of hydrogen-bond donors (Lipinski definition) is 1. The molecule has 0 fully saturated rings. The first kappa shape index (κ1) is 14.1. The van der Waals surface area contributed by atoms with Gasteiger partial charge in [-0.3, -0.25) is 4.79 Å². The van der Waals surface area contributed by atoms with E-state index in [4.69, 9.17) is 11.6 Å². The van der Waals surface area contributed by atoms with E-state index in [2.05, 4.69) is 15.3 Å². The minimum absolute atomic E-state index is 0.0853. The molecule has 1 heterocycles. The first-order valence-corrected chi connectivity index (χ1v) is 6.68. The van der Waals surface area contributed by atoms with E-state index in [1.165, 1.54) is 12.1 Å². The molecule has 1 N–H and O–H groups in total. The van der Waals surface area contributed by atoms with Gasteiger partial charge in [-0.05, 0) is 47.7 Å². The molecule has 0 amide bonds. The van der Waals surface area contributed by atoms with Crippen LogP contribution in [0.15, 0.2) is 18.2 Å². The average molecular weight is 392 g/mol. The number of aldehydes is 1. The van der Waals surface area contributed by atoms with Gasteiger partial charge in [0.05, 0.1) is 11.3 Å². The fourth-order valence-corrected chi connectivity index (χ4v) is 2.33. The highest BCUT2D eigenvalue weighted by Crippen LogP contribution is 2.26. The smallest absolute Gasteiger partial charge is 0.156 e. The van der Waals surface area contributed by atoms with Crippen molar-refractivity contribution in [1.82, 2.24) is 9.97 Å². The Morgan fingerprint density at radius 1 is 1.42 bits per heavy atom. The number of anilines is 2. The number of rotatable bonds is 3. The molecule has 0 saturated carbocycles. The van der Waals surface area contributed by atoms with Crippen molar-refractivity contribution in [3.05, 3.63) is 44.1 Å². The van der Waals surface area contributed by atoms with E-state index in [-0.39, 0.29) is 16.5 Å². The van der Waals surface area contributed by atoms with Crippen LogP contribution < -0.4 is 5.32 Å². The van der Waals surface area contributed by atoms with Crippen LogP contribution >= 0.6 is 34.2 Å². The predicted octanol–water partition coefficient (Wildman–Crippen LogP) is 3.74. The van der Waals surface area contributed by atoms with Crippen molar-refractivity contribution in [3.8, 4) is 0 Å². The van der Waals surface area contributed by atoms with E-state index < -0.39 is 0 Å². The SMILES string of the molecule is Cc1nc(Cl)c(C=O)c(Nc2ccc(F)cc2I)n1. The van der Waals surface area contributed by atoms with E-state index in [1.54, 1.807) is 13.0 Å². The Bertz CT molecular complexity index is 651. The maximum absolute atomic E-state index is 13.0. The van der Waals surface area contributed by atoms with E-state index in [0.29, 0.717) is 27.2 Å². The Morgan fingerprint density at radius 3 is 2.79 bits per heavy atom. The Morgan fingerprint density at radius 2 is 2.16 bits per heavy atom. The van der Waals surface area contributed by atoms with Gasteiger partial charge in [0.1, 0.15) is 22.6 Å². The van der Waals surface area contributed by atoms with Gasteiger partial charge in [0, 0.05) is 3.57 Å². The molecule has 4 nitrogen and oxygen atoms in total. The largest absolute Gasteiger partial charge is 0.339 e. The van der Waals surface area contributed by atoms with Crippen molar-refractivity contribution in [3.63, 3.8) is 0 Å². The summed E-state index contributed by atoms with van der Waals surface area (Å²) in [5.74, 6) is 0.412. The van der Waals surface area contributed by atoms with Gasteiger partial charge in [0.25, 0.3) is 0 Å². The summed E-state index contributed by atoms with van der Waals surface area (Å²) in [5.41, 5.74) is 0.812. The second-order valence-electron chi connectivity index (χ2n) is 3.69. The summed E-state index contributed by atoms with van der Waals surface area (Å²) in [6, 6.07) is 4.26. The Labute approximate surface area is 127 Å². The van der Waals surface area contributed by atoms with E-state index >= 15 is 0 Å². The molecule has 0 saturated heterocycles. The maximum Gasteiger partial charge on any atom is 0.156 e. The van der Waals surface area contributed by atoms with Crippen LogP contribution in [-0.2, 0) is 0 Å². The van der Waals surface area contributed by atoms with Gasteiger partial charge in [-0.15, -0.1) is 0 Å². The number of aryl methyl sites for hydroxylation is 1. The predicted molar refractivity (Wildman–Crippen MR) is 79.6 cm³/mol. The van der Waals surface area contributed by atoms with Crippen LogP contribution in [0.4, 0.5) is 15.9 Å². The van der Waals surface area contributed by atoms with Crippen LogP contribution in [0.2, 0.25) is 5.15 Å². The number of benzene rings is 1. The molecule has 0 spiro atoms. The van der Waals surface area contributed by atoms with Gasteiger partial charge in [0.15, 0.2) is 6.29 Å². The van der Waals surface area contributed by atoms with Crippen LogP contribution in [0.1, 0.15) is 16.2 Å². The first-order chi connectivity index (χ1) is 9.01. The monoisotopic (exact) mass is 391 g/mol. The summed E-state index contributed by atoms with van der Waals surface area (Å²) in [7, 11) is 0. The van der Waals surface area contributed by atoms with E-state index in [9.17, 15) is 9.18 Å². The molecule has 2 rings (SSSR count). The van der Waals surface area contributed by atoms with Crippen LogP contribution in [0.5, 0.6) is 0 Å². The fourth-order valence-electron chi connectivity index (χ4n) is 1.47. The number of nitrogens with one attached hydrogen (secondary N) is 1. The average Bonchev–Trinajstić information content (AvgIpc) is 2.32. The molecule has 2 aromatic rings. The number of halogens is 3. The molecule has 0 bridgehead atoms. The normalized spacial score (nSPS) is 10.3. The molecule has 0 aliphatic rings. The molecule has 0 radical (unpaired) electrons. The molecule has 0 unspecified atom stereocenters. The van der Waals surface area contributed by atoms with Crippen molar-refractivity contribution >= 4 is 52.0 Å². The number of carbonyl (C=O) groups excluding carboxylic acids is 1. The standard InChI is InChI=1S/C12H8ClFIN3O/c1-6-16-11(13)8(5-19)12(17-6)18-10-3-2-7(14)4-9(10)15/h2-5H,1H3,(H,16,17,18). The van der Waals surface area contributed by atoms with Crippen molar-refractivity contribution in [1.29, 1.82) is 0 Å². The van der Waals surface area contributed by atoms with Crippen LogP contribution in [-0.4, -0.2) is 16.3 Å². The zero-order chi connectivity index (χ0) is 14.0. The number of nitrogens with zero attached hydrogens (tertiary/aromatic N) is 2. The molecular weight excluding hydrogens is 384 g/mol. The molecule has 1 aromatic carbocycles. The molecule has 0 atom stereocenters. The van der Waals surface area contributed by atoms with Crippen molar-refractivity contribution in [2.75, 3.05) is 5.32 Å². The second-order valence-corrected chi connectivity index (χ2v) is 5.21. The molecule has 19 heavy (non-hydrogen) atoms. The van der Waals surface area contributed by atoms with Crippen LogP contribution in [0, 0.1) is 16.3 Å².